The molecule has 1 saturated carbocycles. The number of aromatic nitrogens is 2. The first-order valence-electron chi connectivity index (χ1n) is 4.11. The van der Waals surface area contributed by atoms with Crippen LogP contribution in [0.4, 0.5) is 0 Å². The first-order valence-corrected chi connectivity index (χ1v) is 4.11. The van der Waals surface area contributed by atoms with Crippen LogP contribution in [0.3, 0.4) is 0 Å². The Morgan fingerprint density at radius 1 is 1.42 bits per heavy atom. The number of nitrogens with zero attached hydrogens (tertiary/aromatic N) is 2. The Balaban J connectivity index is 2.32. The summed E-state index contributed by atoms with van der Waals surface area (Å²) < 4.78 is 5.03. The van der Waals surface area contributed by atoms with Crippen LogP contribution < -0.4 is 4.74 Å². The molecule has 1 aromatic rings. The quantitative estimate of drug-likeness (QED) is 0.665. The van der Waals surface area contributed by atoms with Crippen molar-refractivity contribution in [2.75, 3.05) is 7.11 Å². The lowest BCUT2D eigenvalue weighted by molar-refractivity contribution is 0.395. The maximum absolute atomic E-state index is 5.03. The number of hydrogen-bond acceptors (Lipinski definition) is 3. The molecule has 1 aliphatic carbocycles. The van der Waals surface area contributed by atoms with Crippen LogP contribution in [0.25, 0.3) is 0 Å². The lowest BCUT2D eigenvalue weighted by Gasteiger charge is -2.07. The van der Waals surface area contributed by atoms with Crippen molar-refractivity contribution in [1.29, 1.82) is 0 Å². The van der Waals surface area contributed by atoms with Gasteiger partial charge in [0, 0.05) is 11.5 Å². The Labute approximate surface area is 71.8 Å². The Kier molecular flexibility index (Phi) is 1.53. The molecular weight excluding hydrogens is 152 g/mol. The minimum Gasteiger partial charge on any atom is -0.481 e. The van der Waals surface area contributed by atoms with Gasteiger partial charge in [-0.25, -0.2) is 9.97 Å². The highest BCUT2D eigenvalue weighted by Crippen LogP contribution is 2.46. The van der Waals surface area contributed by atoms with Gasteiger partial charge in [-0.1, -0.05) is 6.92 Å². The van der Waals surface area contributed by atoms with E-state index in [0.29, 0.717) is 11.3 Å². The number of methoxy groups -OCH3 is 1. The first kappa shape index (κ1) is 7.53. The molecule has 3 heteroatoms. The third kappa shape index (κ3) is 1.15. The van der Waals surface area contributed by atoms with Gasteiger partial charge in [-0.05, 0) is 12.8 Å². The minimum atomic E-state index is 0.302. The molecule has 0 aliphatic heterocycles. The van der Waals surface area contributed by atoms with Crippen molar-refractivity contribution in [1.82, 2.24) is 9.97 Å². The van der Waals surface area contributed by atoms with E-state index < -0.39 is 0 Å². The Hall–Kier alpha value is -1.12. The van der Waals surface area contributed by atoms with Crippen molar-refractivity contribution < 1.29 is 4.74 Å². The van der Waals surface area contributed by atoms with E-state index in [9.17, 15) is 0 Å². The van der Waals surface area contributed by atoms with Crippen LogP contribution in [-0.4, -0.2) is 17.1 Å². The van der Waals surface area contributed by atoms with Crippen molar-refractivity contribution in [2.45, 2.75) is 25.2 Å². The summed E-state index contributed by atoms with van der Waals surface area (Å²) in [6.07, 6.45) is 4.03. The van der Waals surface area contributed by atoms with Crippen molar-refractivity contribution in [3.8, 4) is 5.88 Å². The molecule has 0 unspecified atom stereocenters. The van der Waals surface area contributed by atoms with E-state index in [2.05, 4.69) is 16.9 Å². The first-order chi connectivity index (χ1) is 5.74. The summed E-state index contributed by atoms with van der Waals surface area (Å²) in [5.74, 6) is 0.660. The SMILES string of the molecule is COc1cc(C2(C)CC2)ncn1. The highest BCUT2D eigenvalue weighted by Gasteiger charge is 2.40. The van der Waals surface area contributed by atoms with Crippen molar-refractivity contribution >= 4 is 0 Å². The Morgan fingerprint density at radius 2 is 2.17 bits per heavy atom. The molecule has 0 N–H and O–H groups in total. The van der Waals surface area contributed by atoms with Gasteiger partial charge < -0.3 is 4.74 Å². The number of hydrogen-bond donors (Lipinski definition) is 0. The molecule has 0 bridgehead atoms. The van der Waals surface area contributed by atoms with Gasteiger partial charge in [0.05, 0.1) is 12.8 Å². The van der Waals surface area contributed by atoms with E-state index >= 15 is 0 Å². The van der Waals surface area contributed by atoms with E-state index in [0.717, 1.165) is 5.69 Å². The van der Waals surface area contributed by atoms with Gasteiger partial charge in [0.2, 0.25) is 5.88 Å². The van der Waals surface area contributed by atoms with Crippen molar-refractivity contribution in [3.05, 3.63) is 18.1 Å². The predicted octanol–water partition coefficient (Wildman–Crippen LogP) is 1.54. The molecule has 2 rings (SSSR count). The molecule has 0 radical (unpaired) electrons. The van der Waals surface area contributed by atoms with Gasteiger partial charge in [0.15, 0.2) is 0 Å². The molecule has 0 aromatic carbocycles. The van der Waals surface area contributed by atoms with Crippen LogP contribution >= 0.6 is 0 Å². The molecule has 0 spiro atoms. The fourth-order valence-electron chi connectivity index (χ4n) is 1.22. The molecule has 12 heavy (non-hydrogen) atoms. The average Bonchev–Trinajstić information content (AvgIpc) is 2.85. The van der Waals surface area contributed by atoms with Crippen LogP contribution in [0.5, 0.6) is 5.88 Å². The van der Waals surface area contributed by atoms with Crippen molar-refractivity contribution in [3.63, 3.8) is 0 Å². The molecule has 1 heterocycles. The third-order valence-electron chi connectivity index (χ3n) is 2.47. The third-order valence-corrected chi connectivity index (χ3v) is 2.47. The molecule has 3 nitrogen and oxygen atoms in total. The zero-order valence-electron chi connectivity index (χ0n) is 7.37. The number of rotatable bonds is 2. The van der Waals surface area contributed by atoms with Crippen LogP contribution in [0.1, 0.15) is 25.5 Å². The van der Waals surface area contributed by atoms with Crippen LogP contribution in [-0.2, 0) is 5.41 Å². The van der Waals surface area contributed by atoms with Crippen LogP contribution in [0.15, 0.2) is 12.4 Å². The summed E-state index contributed by atoms with van der Waals surface area (Å²) in [5, 5.41) is 0. The second-order valence-electron chi connectivity index (χ2n) is 3.51. The molecular formula is C9H12N2O. The Morgan fingerprint density at radius 3 is 2.75 bits per heavy atom. The molecule has 1 aliphatic rings. The minimum absolute atomic E-state index is 0.302. The number of ether oxygens (including phenoxy) is 1. The van der Waals surface area contributed by atoms with Gasteiger partial charge in [0.25, 0.3) is 0 Å². The highest BCUT2D eigenvalue weighted by molar-refractivity contribution is 5.26. The van der Waals surface area contributed by atoms with Gasteiger partial charge in [-0.2, -0.15) is 0 Å². The topological polar surface area (TPSA) is 35.0 Å². The molecule has 1 aromatic heterocycles. The van der Waals surface area contributed by atoms with Gasteiger partial charge in [-0.3, -0.25) is 0 Å². The molecule has 0 saturated heterocycles. The second kappa shape index (κ2) is 2.44. The van der Waals surface area contributed by atoms with E-state index in [1.807, 2.05) is 6.07 Å². The standard InChI is InChI=1S/C9H12N2O/c1-9(3-4-9)7-5-8(12-2)11-6-10-7/h5-6H,3-4H2,1-2H3. The van der Waals surface area contributed by atoms with E-state index in [4.69, 9.17) is 4.74 Å². The van der Waals surface area contributed by atoms with Crippen LogP contribution in [0.2, 0.25) is 0 Å². The molecule has 0 amide bonds. The second-order valence-corrected chi connectivity index (χ2v) is 3.51. The predicted molar refractivity (Wildman–Crippen MR) is 45.2 cm³/mol. The zero-order chi connectivity index (χ0) is 8.60. The summed E-state index contributed by atoms with van der Waals surface area (Å²) in [4.78, 5) is 8.20. The normalized spacial score (nSPS) is 18.8. The monoisotopic (exact) mass is 164 g/mol. The van der Waals surface area contributed by atoms with Gasteiger partial charge in [-0.15, -0.1) is 0 Å². The van der Waals surface area contributed by atoms with Gasteiger partial charge >= 0.3 is 0 Å². The largest absolute Gasteiger partial charge is 0.481 e. The molecule has 1 fully saturated rings. The van der Waals surface area contributed by atoms with Crippen molar-refractivity contribution in [2.24, 2.45) is 0 Å². The highest BCUT2D eigenvalue weighted by atomic mass is 16.5. The summed E-state index contributed by atoms with van der Waals surface area (Å²) in [7, 11) is 1.63. The summed E-state index contributed by atoms with van der Waals surface area (Å²) in [6.45, 7) is 2.22. The zero-order valence-corrected chi connectivity index (χ0v) is 7.37. The molecule has 0 atom stereocenters. The maximum atomic E-state index is 5.03. The van der Waals surface area contributed by atoms with E-state index in [-0.39, 0.29) is 0 Å². The Bertz CT molecular complexity index is 294. The van der Waals surface area contributed by atoms with E-state index in [1.54, 1.807) is 13.4 Å². The van der Waals surface area contributed by atoms with Gasteiger partial charge in [0.1, 0.15) is 6.33 Å². The average molecular weight is 164 g/mol. The summed E-state index contributed by atoms with van der Waals surface area (Å²) >= 11 is 0. The fraction of sp³-hybridized carbons (Fsp3) is 0.556. The summed E-state index contributed by atoms with van der Waals surface area (Å²) in [6, 6.07) is 1.92. The maximum Gasteiger partial charge on any atom is 0.216 e. The smallest absolute Gasteiger partial charge is 0.216 e. The van der Waals surface area contributed by atoms with Crippen LogP contribution in [0, 0.1) is 0 Å². The molecule has 64 valence electrons. The summed E-state index contributed by atoms with van der Waals surface area (Å²) in [5.41, 5.74) is 1.41. The lowest BCUT2D eigenvalue weighted by atomic mass is 10.1. The van der Waals surface area contributed by atoms with E-state index in [1.165, 1.54) is 12.8 Å². The lowest BCUT2D eigenvalue weighted by Crippen LogP contribution is -2.04. The fourth-order valence-corrected chi connectivity index (χ4v) is 1.22.